The number of β-lactam (4-membered cyclic amide) rings is 1. The minimum Gasteiger partial charge on any atom is -0.352 e. The van der Waals surface area contributed by atoms with Crippen LogP contribution in [-0.4, -0.2) is 11.9 Å². The molecule has 1 N–H and O–H groups in total. The highest BCUT2D eigenvalue weighted by atomic mass is 16.2. The van der Waals surface area contributed by atoms with Gasteiger partial charge in [0.25, 0.3) is 0 Å². The molecule has 1 aliphatic heterocycles. The molecule has 1 amide bonds. The Morgan fingerprint density at radius 1 is 1.30 bits per heavy atom. The Labute approximate surface area is 60.0 Å². The van der Waals surface area contributed by atoms with Crippen LogP contribution in [0.1, 0.15) is 19.3 Å². The van der Waals surface area contributed by atoms with Crippen LogP contribution >= 0.6 is 0 Å². The molecule has 2 bridgehead atoms. The van der Waals surface area contributed by atoms with E-state index in [9.17, 15) is 4.79 Å². The van der Waals surface area contributed by atoms with E-state index in [1.54, 1.807) is 0 Å². The van der Waals surface area contributed by atoms with Crippen molar-refractivity contribution in [2.45, 2.75) is 25.3 Å². The number of hydrogen-bond acceptors (Lipinski definition) is 1. The van der Waals surface area contributed by atoms with Crippen molar-refractivity contribution in [3.63, 3.8) is 0 Å². The van der Waals surface area contributed by atoms with Crippen LogP contribution < -0.4 is 5.32 Å². The summed E-state index contributed by atoms with van der Waals surface area (Å²) in [5.41, 5.74) is 0. The number of amides is 1. The Bertz CT molecular complexity index is 199. The Kier molecular flexibility index (Phi) is 0.715. The topological polar surface area (TPSA) is 29.1 Å². The van der Waals surface area contributed by atoms with Crippen molar-refractivity contribution < 1.29 is 4.79 Å². The molecule has 1 saturated heterocycles. The molecule has 2 saturated carbocycles. The van der Waals surface area contributed by atoms with Gasteiger partial charge in [0.2, 0.25) is 5.91 Å². The van der Waals surface area contributed by atoms with E-state index in [1.165, 1.54) is 19.3 Å². The average molecular weight is 137 g/mol. The van der Waals surface area contributed by atoms with Gasteiger partial charge in [-0.2, -0.15) is 0 Å². The molecular formula is C8H11NO. The molecule has 1 heterocycles. The van der Waals surface area contributed by atoms with E-state index in [0.29, 0.717) is 17.9 Å². The molecule has 3 rings (SSSR count). The lowest BCUT2D eigenvalue weighted by Gasteiger charge is -2.39. The maximum atomic E-state index is 11.0. The molecule has 0 aromatic heterocycles. The van der Waals surface area contributed by atoms with Gasteiger partial charge in [0.15, 0.2) is 0 Å². The summed E-state index contributed by atoms with van der Waals surface area (Å²) in [6.07, 6.45) is 4.01. The fourth-order valence-corrected chi connectivity index (χ4v) is 3.04. The van der Waals surface area contributed by atoms with Crippen LogP contribution in [0.25, 0.3) is 0 Å². The highest BCUT2D eigenvalue weighted by Crippen LogP contribution is 2.51. The summed E-state index contributed by atoms with van der Waals surface area (Å²) in [4.78, 5) is 11.0. The first kappa shape index (κ1) is 5.16. The number of rotatable bonds is 0. The maximum absolute atomic E-state index is 11.0. The molecule has 0 unspecified atom stereocenters. The zero-order chi connectivity index (χ0) is 6.72. The lowest BCUT2D eigenvalue weighted by molar-refractivity contribution is -0.137. The first-order valence-electron chi connectivity index (χ1n) is 4.16. The van der Waals surface area contributed by atoms with E-state index < -0.39 is 0 Å². The molecule has 54 valence electrons. The third-order valence-corrected chi connectivity index (χ3v) is 3.53. The normalized spacial score (nSPS) is 55.8. The summed E-state index contributed by atoms with van der Waals surface area (Å²) < 4.78 is 0. The molecule has 0 spiro atoms. The Morgan fingerprint density at radius 3 is 2.70 bits per heavy atom. The SMILES string of the molecule is O=C1N[C@H]2[C@H]3CC[C@H](C3)[C@@H]12. The molecule has 2 heteroatoms. The van der Waals surface area contributed by atoms with Gasteiger partial charge >= 0.3 is 0 Å². The minimum atomic E-state index is 0.331. The monoisotopic (exact) mass is 137 g/mol. The number of fused-ring (bicyclic) bond motifs is 5. The van der Waals surface area contributed by atoms with Gasteiger partial charge < -0.3 is 5.32 Å². The summed E-state index contributed by atoms with van der Waals surface area (Å²) >= 11 is 0. The van der Waals surface area contributed by atoms with Crippen LogP contribution in [0.4, 0.5) is 0 Å². The van der Waals surface area contributed by atoms with Gasteiger partial charge in [-0.3, -0.25) is 4.79 Å². The highest BCUT2D eigenvalue weighted by molar-refractivity contribution is 5.87. The summed E-state index contributed by atoms with van der Waals surface area (Å²) in [6, 6.07) is 0.603. The van der Waals surface area contributed by atoms with E-state index in [1.807, 2.05) is 0 Å². The maximum Gasteiger partial charge on any atom is 0.225 e. The van der Waals surface area contributed by atoms with Gasteiger partial charge in [0.05, 0.1) is 5.92 Å². The van der Waals surface area contributed by atoms with Crippen molar-refractivity contribution in [1.29, 1.82) is 0 Å². The summed E-state index contributed by atoms with van der Waals surface area (Å²) in [5, 5.41) is 3.00. The largest absolute Gasteiger partial charge is 0.352 e. The first-order chi connectivity index (χ1) is 4.86. The van der Waals surface area contributed by atoms with E-state index in [4.69, 9.17) is 0 Å². The zero-order valence-corrected chi connectivity index (χ0v) is 5.84. The lowest BCUT2D eigenvalue weighted by Crippen LogP contribution is -2.60. The Balaban J connectivity index is 1.95. The molecule has 0 radical (unpaired) electrons. The number of nitrogens with one attached hydrogen (secondary N) is 1. The van der Waals surface area contributed by atoms with Gasteiger partial charge in [0, 0.05) is 6.04 Å². The van der Waals surface area contributed by atoms with E-state index >= 15 is 0 Å². The van der Waals surface area contributed by atoms with Gasteiger partial charge in [-0.15, -0.1) is 0 Å². The van der Waals surface area contributed by atoms with Crippen LogP contribution in [0.2, 0.25) is 0 Å². The van der Waals surface area contributed by atoms with Crippen molar-refractivity contribution in [1.82, 2.24) is 5.32 Å². The molecule has 0 aromatic rings. The molecule has 0 aromatic carbocycles. The molecule has 2 nitrogen and oxygen atoms in total. The second-order valence-corrected chi connectivity index (χ2v) is 3.89. The number of carbonyl (C=O) groups excluding carboxylic acids is 1. The van der Waals surface area contributed by atoms with Crippen LogP contribution in [0, 0.1) is 17.8 Å². The van der Waals surface area contributed by atoms with Gasteiger partial charge in [-0.25, -0.2) is 0 Å². The fourth-order valence-electron chi connectivity index (χ4n) is 3.04. The highest BCUT2D eigenvalue weighted by Gasteiger charge is 2.57. The van der Waals surface area contributed by atoms with Crippen molar-refractivity contribution in [2.24, 2.45) is 17.8 Å². The van der Waals surface area contributed by atoms with Crippen molar-refractivity contribution >= 4 is 5.91 Å². The summed E-state index contributed by atoms with van der Waals surface area (Å²) in [6.45, 7) is 0. The molecule has 10 heavy (non-hydrogen) atoms. The van der Waals surface area contributed by atoms with Crippen LogP contribution in [0.3, 0.4) is 0 Å². The van der Waals surface area contributed by atoms with Crippen LogP contribution in [0.15, 0.2) is 0 Å². The third-order valence-electron chi connectivity index (χ3n) is 3.53. The number of hydrogen-bond donors (Lipinski definition) is 1. The Hall–Kier alpha value is -0.530. The predicted molar refractivity (Wildman–Crippen MR) is 36.3 cm³/mol. The molecule has 3 aliphatic rings. The average Bonchev–Trinajstić information content (AvgIpc) is 2.40. The standard InChI is InChI=1S/C8H11NO/c10-8-6-4-1-2-5(3-4)7(6)9-8/h4-7H,1-3H2,(H,9,10)/t4-,5+,6-,7+/m1/s1. The van der Waals surface area contributed by atoms with Crippen molar-refractivity contribution in [3.8, 4) is 0 Å². The zero-order valence-electron chi connectivity index (χ0n) is 5.84. The minimum absolute atomic E-state index is 0.331. The second kappa shape index (κ2) is 1.39. The predicted octanol–water partition coefficient (Wildman–Crippen LogP) is 0.531. The van der Waals surface area contributed by atoms with Crippen LogP contribution in [0.5, 0.6) is 0 Å². The first-order valence-corrected chi connectivity index (χ1v) is 4.16. The quantitative estimate of drug-likeness (QED) is 0.485. The van der Waals surface area contributed by atoms with E-state index in [2.05, 4.69) is 5.32 Å². The van der Waals surface area contributed by atoms with Gasteiger partial charge in [-0.05, 0) is 31.1 Å². The summed E-state index contributed by atoms with van der Waals surface area (Å²) in [5.74, 6) is 2.40. The van der Waals surface area contributed by atoms with E-state index in [0.717, 1.165) is 11.8 Å². The smallest absolute Gasteiger partial charge is 0.225 e. The second-order valence-electron chi connectivity index (χ2n) is 3.89. The molecule has 4 atom stereocenters. The van der Waals surface area contributed by atoms with Gasteiger partial charge in [-0.1, -0.05) is 0 Å². The molecular weight excluding hydrogens is 126 g/mol. The number of carbonyl (C=O) groups is 1. The van der Waals surface area contributed by atoms with Crippen molar-refractivity contribution in [2.75, 3.05) is 0 Å². The lowest BCUT2D eigenvalue weighted by atomic mass is 9.78. The summed E-state index contributed by atoms with van der Waals surface area (Å²) in [7, 11) is 0. The molecule has 3 fully saturated rings. The van der Waals surface area contributed by atoms with Crippen LogP contribution in [-0.2, 0) is 4.79 Å². The van der Waals surface area contributed by atoms with Gasteiger partial charge in [0.1, 0.15) is 0 Å². The third kappa shape index (κ3) is 0.386. The molecule has 2 aliphatic carbocycles. The van der Waals surface area contributed by atoms with E-state index in [-0.39, 0.29) is 0 Å². The fraction of sp³-hybridized carbons (Fsp3) is 0.875. The van der Waals surface area contributed by atoms with Crippen molar-refractivity contribution in [3.05, 3.63) is 0 Å². The Morgan fingerprint density at radius 2 is 2.10 bits per heavy atom.